The van der Waals surface area contributed by atoms with Gasteiger partial charge in [-0.2, -0.15) is 0 Å². The lowest BCUT2D eigenvalue weighted by atomic mass is 9.99. The Morgan fingerprint density at radius 1 is 1.00 bits per heavy atom. The molecular weight excluding hydrogens is 232 g/mol. The van der Waals surface area contributed by atoms with Gasteiger partial charge in [-0.25, -0.2) is 8.78 Å². The van der Waals surface area contributed by atoms with E-state index in [-0.39, 0.29) is 0 Å². The van der Waals surface area contributed by atoms with Crippen LogP contribution < -0.4 is 5.73 Å². The summed E-state index contributed by atoms with van der Waals surface area (Å²) in [5.74, 6) is -1.19. The van der Waals surface area contributed by atoms with Gasteiger partial charge in [0, 0.05) is 12.1 Å². The number of aryl methyl sites for hydroxylation is 1. The van der Waals surface area contributed by atoms with Crippen LogP contribution in [0.2, 0.25) is 0 Å². The molecule has 18 heavy (non-hydrogen) atoms. The maximum absolute atomic E-state index is 13.1. The highest BCUT2D eigenvalue weighted by Crippen LogP contribution is 2.18. The third-order valence-electron chi connectivity index (χ3n) is 2.89. The number of hydrogen-bond acceptors (Lipinski definition) is 1. The number of rotatable bonds is 3. The zero-order valence-corrected chi connectivity index (χ0v) is 10.2. The molecule has 1 nitrogen and oxygen atoms in total. The second-order valence-corrected chi connectivity index (χ2v) is 4.50. The van der Waals surface area contributed by atoms with Gasteiger partial charge in [-0.1, -0.05) is 29.8 Å². The first-order valence-electron chi connectivity index (χ1n) is 5.82. The van der Waals surface area contributed by atoms with Crippen molar-refractivity contribution in [1.82, 2.24) is 0 Å². The van der Waals surface area contributed by atoms with Gasteiger partial charge in [0.2, 0.25) is 0 Å². The van der Waals surface area contributed by atoms with Crippen molar-refractivity contribution >= 4 is 0 Å². The first kappa shape index (κ1) is 12.7. The van der Waals surface area contributed by atoms with E-state index < -0.39 is 17.7 Å². The van der Waals surface area contributed by atoms with Crippen molar-refractivity contribution in [3.63, 3.8) is 0 Å². The normalized spacial score (nSPS) is 12.4. The topological polar surface area (TPSA) is 26.0 Å². The molecular formula is C15H15F2N. The summed E-state index contributed by atoms with van der Waals surface area (Å²) >= 11 is 0. The number of halogens is 2. The number of hydrogen-bond donors (Lipinski definition) is 1. The molecule has 2 rings (SSSR count). The molecule has 0 aromatic heterocycles. The third kappa shape index (κ3) is 3.14. The molecule has 0 saturated heterocycles. The van der Waals surface area contributed by atoms with Crippen molar-refractivity contribution < 1.29 is 8.78 Å². The summed E-state index contributed by atoms with van der Waals surface area (Å²) in [4.78, 5) is 0. The van der Waals surface area contributed by atoms with Crippen LogP contribution in [0, 0.1) is 18.6 Å². The zero-order chi connectivity index (χ0) is 13.1. The zero-order valence-electron chi connectivity index (χ0n) is 10.2. The monoisotopic (exact) mass is 247 g/mol. The molecule has 2 N–H and O–H groups in total. The molecule has 94 valence electrons. The molecule has 0 heterocycles. The second-order valence-electron chi connectivity index (χ2n) is 4.50. The van der Waals surface area contributed by atoms with Gasteiger partial charge in [-0.3, -0.25) is 0 Å². The maximum atomic E-state index is 13.1. The van der Waals surface area contributed by atoms with Crippen molar-refractivity contribution in [2.45, 2.75) is 19.4 Å². The molecule has 0 saturated carbocycles. The summed E-state index contributed by atoms with van der Waals surface area (Å²) < 4.78 is 26.2. The second kappa shape index (κ2) is 5.27. The Labute approximate surface area is 105 Å². The van der Waals surface area contributed by atoms with Crippen LogP contribution in [-0.2, 0) is 6.42 Å². The summed E-state index contributed by atoms with van der Waals surface area (Å²) in [6.07, 6.45) is 0.559. The summed E-state index contributed by atoms with van der Waals surface area (Å²) in [5, 5.41) is 0. The molecule has 0 aliphatic heterocycles. The molecule has 3 heteroatoms. The van der Waals surface area contributed by atoms with Gasteiger partial charge in [0.1, 0.15) is 11.6 Å². The Morgan fingerprint density at radius 2 is 1.56 bits per heavy atom. The molecule has 0 aliphatic rings. The van der Waals surface area contributed by atoms with Gasteiger partial charge in [0.25, 0.3) is 0 Å². The molecule has 0 radical (unpaired) electrons. The number of benzene rings is 2. The van der Waals surface area contributed by atoms with Crippen molar-refractivity contribution in [1.29, 1.82) is 0 Å². The van der Waals surface area contributed by atoms with Crippen LogP contribution in [0.25, 0.3) is 0 Å². The van der Waals surface area contributed by atoms with Gasteiger partial charge in [-0.05, 0) is 36.6 Å². The first-order chi connectivity index (χ1) is 8.54. The molecule has 1 unspecified atom stereocenters. The van der Waals surface area contributed by atoms with E-state index in [1.54, 1.807) is 0 Å². The quantitative estimate of drug-likeness (QED) is 0.882. The van der Waals surface area contributed by atoms with E-state index in [0.717, 1.165) is 11.6 Å². The molecule has 2 aromatic rings. The van der Waals surface area contributed by atoms with Crippen molar-refractivity contribution in [2.24, 2.45) is 5.73 Å². The average molecular weight is 247 g/mol. The Balaban J connectivity index is 2.16. The Hall–Kier alpha value is -1.74. The minimum atomic E-state index is -0.593. The molecule has 0 amide bonds. The summed E-state index contributed by atoms with van der Waals surface area (Å²) in [7, 11) is 0. The lowest BCUT2D eigenvalue weighted by Crippen LogP contribution is -2.14. The fraction of sp³-hybridized carbons (Fsp3) is 0.200. The fourth-order valence-electron chi connectivity index (χ4n) is 1.89. The third-order valence-corrected chi connectivity index (χ3v) is 2.89. The van der Waals surface area contributed by atoms with E-state index in [2.05, 4.69) is 0 Å². The minimum absolute atomic E-state index is 0.405. The predicted molar refractivity (Wildman–Crippen MR) is 68.2 cm³/mol. The highest BCUT2D eigenvalue weighted by atomic mass is 19.1. The van der Waals surface area contributed by atoms with Crippen LogP contribution in [0.3, 0.4) is 0 Å². The van der Waals surface area contributed by atoms with Crippen LogP contribution in [0.1, 0.15) is 22.7 Å². The van der Waals surface area contributed by atoms with Gasteiger partial charge in [0.15, 0.2) is 0 Å². The van der Waals surface area contributed by atoms with Crippen LogP contribution in [-0.4, -0.2) is 0 Å². The van der Waals surface area contributed by atoms with E-state index in [1.165, 1.54) is 17.7 Å². The van der Waals surface area contributed by atoms with Gasteiger partial charge < -0.3 is 5.73 Å². The lowest BCUT2D eigenvalue weighted by molar-refractivity contribution is 0.572. The van der Waals surface area contributed by atoms with Crippen molar-refractivity contribution in [2.75, 3.05) is 0 Å². The largest absolute Gasteiger partial charge is 0.324 e. The summed E-state index contributed by atoms with van der Waals surface area (Å²) in [6.45, 7) is 2.01. The standard InChI is InChI=1S/C15H15F2N/c1-10-2-4-11(5-3-10)6-15(18)12-7-13(16)9-14(17)8-12/h2-5,7-9,15H,6,18H2,1H3. The van der Waals surface area contributed by atoms with E-state index in [0.29, 0.717) is 12.0 Å². The first-order valence-corrected chi connectivity index (χ1v) is 5.82. The molecule has 0 aliphatic carbocycles. The van der Waals surface area contributed by atoms with Crippen LogP contribution >= 0.6 is 0 Å². The Kier molecular flexibility index (Phi) is 3.72. The van der Waals surface area contributed by atoms with E-state index in [9.17, 15) is 8.78 Å². The van der Waals surface area contributed by atoms with Crippen LogP contribution in [0.4, 0.5) is 8.78 Å². The predicted octanol–water partition coefficient (Wildman–Crippen LogP) is 3.52. The van der Waals surface area contributed by atoms with Gasteiger partial charge in [0.05, 0.1) is 0 Å². The number of nitrogens with two attached hydrogens (primary N) is 1. The summed E-state index contributed by atoms with van der Waals surface area (Å²) in [5.41, 5.74) is 8.67. The fourth-order valence-corrected chi connectivity index (χ4v) is 1.89. The highest BCUT2D eigenvalue weighted by molar-refractivity contribution is 5.26. The van der Waals surface area contributed by atoms with E-state index in [4.69, 9.17) is 5.73 Å². The van der Waals surface area contributed by atoms with Gasteiger partial charge in [-0.15, -0.1) is 0 Å². The van der Waals surface area contributed by atoms with Crippen molar-refractivity contribution in [3.8, 4) is 0 Å². The Morgan fingerprint density at radius 3 is 2.11 bits per heavy atom. The van der Waals surface area contributed by atoms with Crippen LogP contribution in [0.15, 0.2) is 42.5 Å². The van der Waals surface area contributed by atoms with E-state index >= 15 is 0 Å². The SMILES string of the molecule is Cc1ccc(CC(N)c2cc(F)cc(F)c2)cc1. The van der Waals surface area contributed by atoms with E-state index in [1.807, 2.05) is 31.2 Å². The lowest BCUT2D eigenvalue weighted by Gasteiger charge is -2.12. The van der Waals surface area contributed by atoms with Crippen molar-refractivity contribution in [3.05, 3.63) is 70.8 Å². The Bertz CT molecular complexity index is 514. The maximum Gasteiger partial charge on any atom is 0.126 e. The molecule has 0 bridgehead atoms. The molecule has 0 fully saturated rings. The van der Waals surface area contributed by atoms with Crippen LogP contribution in [0.5, 0.6) is 0 Å². The molecule has 2 aromatic carbocycles. The minimum Gasteiger partial charge on any atom is -0.324 e. The van der Waals surface area contributed by atoms with Gasteiger partial charge >= 0.3 is 0 Å². The molecule has 0 spiro atoms. The smallest absolute Gasteiger partial charge is 0.126 e. The molecule has 1 atom stereocenters. The average Bonchev–Trinajstić information content (AvgIpc) is 2.31. The summed E-state index contributed by atoms with van der Waals surface area (Å²) in [6, 6.07) is 10.9. The highest BCUT2D eigenvalue weighted by Gasteiger charge is 2.10.